The fraction of sp³-hybridized carbons (Fsp3) is 0.647. The molecule has 112 valence electrons. The van der Waals surface area contributed by atoms with E-state index in [4.69, 9.17) is 0 Å². The van der Waals surface area contributed by atoms with E-state index in [2.05, 4.69) is 49.2 Å². The Morgan fingerprint density at radius 1 is 1.30 bits per heavy atom. The van der Waals surface area contributed by atoms with Gasteiger partial charge in [0, 0.05) is 25.3 Å². The summed E-state index contributed by atoms with van der Waals surface area (Å²) in [5, 5.41) is 13.2. The molecular weight excluding hydrogens is 248 g/mol. The fourth-order valence-electron chi connectivity index (χ4n) is 2.77. The van der Waals surface area contributed by atoms with Gasteiger partial charge in [0.25, 0.3) is 0 Å². The van der Waals surface area contributed by atoms with Crippen molar-refractivity contribution in [3.8, 4) is 0 Å². The zero-order valence-corrected chi connectivity index (χ0v) is 13.0. The molecule has 0 radical (unpaired) electrons. The van der Waals surface area contributed by atoms with E-state index in [0.29, 0.717) is 5.92 Å². The average molecular weight is 276 g/mol. The molecule has 3 heteroatoms. The maximum absolute atomic E-state index is 9.65. The van der Waals surface area contributed by atoms with Gasteiger partial charge < -0.3 is 15.3 Å². The van der Waals surface area contributed by atoms with Crippen molar-refractivity contribution in [1.29, 1.82) is 0 Å². The highest BCUT2D eigenvalue weighted by atomic mass is 16.3. The number of aliphatic hydroxyl groups is 1. The Hall–Kier alpha value is -1.06. The molecule has 20 heavy (non-hydrogen) atoms. The normalized spacial score (nSPS) is 16.9. The third kappa shape index (κ3) is 4.22. The first kappa shape index (κ1) is 15.3. The number of hydrogen-bond acceptors (Lipinski definition) is 3. The van der Waals surface area contributed by atoms with Crippen LogP contribution in [0.2, 0.25) is 0 Å². The molecule has 1 aliphatic rings. The van der Waals surface area contributed by atoms with Crippen molar-refractivity contribution in [2.24, 2.45) is 5.92 Å². The summed E-state index contributed by atoms with van der Waals surface area (Å²) in [6.07, 6.45) is 1.65. The first-order chi connectivity index (χ1) is 9.56. The molecule has 0 amide bonds. The second-order valence-electron chi connectivity index (χ2n) is 6.38. The Morgan fingerprint density at radius 2 is 2.00 bits per heavy atom. The van der Waals surface area contributed by atoms with Crippen LogP contribution in [0, 0.1) is 12.8 Å². The van der Waals surface area contributed by atoms with Crippen LogP contribution >= 0.6 is 0 Å². The van der Waals surface area contributed by atoms with E-state index in [-0.39, 0.29) is 6.10 Å². The average Bonchev–Trinajstić information content (AvgIpc) is 2.40. The molecule has 2 N–H and O–H groups in total. The summed E-state index contributed by atoms with van der Waals surface area (Å²) < 4.78 is 0. The van der Waals surface area contributed by atoms with Gasteiger partial charge in [0.15, 0.2) is 0 Å². The summed E-state index contributed by atoms with van der Waals surface area (Å²) in [5.74, 6) is 0.674. The summed E-state index contributed by atoms with van der Waals surface area (Å²) in [7, 11) is 0. The van der Waals surface area contributed by atoms with Crippen LogP contribution in [-0.4, -0.2) is 30.8 Å². The van der Waals surface area contributed by atoms with Crippen molar-refractivity contribution in [1.82, 2.24) is 5.32 Å². The number of nitrogens with one attached hydrogen (secondary N) is 1. The molecular formula is C17H28N2O. The van der Waals surface area contributed by atoms with Crippen LogP contribution in [0.25, 0.3) is 0 Å². The molecule has 1 aromatic rings. The van der Waals surface area contributed by atoms with Crippen molar-refractivity contribution in [3.05, 3.63) is 29.3 Å². The first-order valence-electron chi connectivity index (χ1n) is 7.79. The predicted molar refractivity (Wildman–Crippen MR) is 85.2 cm³/mol. The smallest absolute Gasteiger partial charge is 0.0574 e. The Morgan fingerprint density at radius 3 is 2.65 bits per heavy atom. The van der Waals surface area contributed by atoms with Gasteiger partial charge in [-0.2, -0.15) is 0 Å². The van der Waals surface area contributed by atoms with Crippen molar-refractivity contribution >= 4 is 5.69 Å². The maximum atomic E-state index is 9.65. The molecule has 1 heterocycles. The van der Waals surface area contributed by atoms with E-state index in [1.807, 2.05) is 0 Å². The molecule has 1 aliphatic heterocycles. The van der Waals surface area contributed by atoms with E-state index >= 15 is 0 Å². The van der Waals surface area contributed by atoms with Gasteiger partial charge in [-0.25, -0.2) is 0 Å². The molecule has 3 nitrogen and oxygen atoms in total. The number of nitrogens with zero attached hydrogens (tertiary/aromatic N) is 1. The minimum atomic E-state index is -0.112. The predicted octanol–water partition coefficient (Wildman–Crippen LogP) is 2.70. The van der Waals surface area contributed by atoms with Gasteiger partial charge in [0.05, 0.1) is 6.10 Å². The monoisotopic (exact) mass is 276 g/mol. The van der Waals surface area contributed by atoms with Gasteiger partial charge in [0.2, 0.25) is 0 Å². The molecule has 1 saturated heterocycles. The zero-order valence-electron chi connectivity index (χ0n) is 13.0. The number of aryl methyl sites for hydroxylation is 1. The number of piperidine rings is 1. The lowest BCUT2D eigenvalue weighted by Crippen LogP contribution is -2.36. The van der Waals surface area contributed by atoms with Crippen molar-refractivity contribution < 1.29 is 5.11 Å². The molecule has 0 bridgehead atoms. The quantitative estimate of drug-likeness (QED) is 0.868. The SMILES string of the molecule is Cc1ccc(N2CCC(O)CC2)c(CNCC(C)C)c1. The summed E-state index contributed by atoms with van der Waals surface area (Å²) in [6.45, 7) is 10.5. The minimum absolute atomic E-state index is 0.112. The third-order valence-electron chi connectivity index (χ3n) is 3.91. The molecule has 0 atom stereocenters. The van der Waals surface area contributed by atoms with Crippen molar-refractivity contribution in [2.75, 3.05) is 24.5 Å². The van der Waals surface area contributed by atoms with Crippen molar-refractivity contribution in [3.63, 3.8) is 0 Å². The molecule has 1 fully saturated rings. The van der Waals surface area contributed by atoms with Gasteiger partial charge in [-0.05, 0) is 43.9 Å². The van der Waals surface area contributed by atoms with Gasteiger partial charge in [-0.3, -0.25) is 0 Å². The lowest BCUT2D eigenvalue weighted by atomic mass is 10.0. The Kier molecular flexibility index (Phi) is 5.44. The molecule has 0 saturated carbocycles. The molecule has 0 spiro atoms. The second-order valence-corrected chi connectivity index (χ2v) is 6.38. The fourth-order valence-corrected chi connectivity index (χ4v) is 2.77. The Bertz CT molecular complexity index is 423. The highest BCUT2D eigenvalue weighted by Crippen LogP contribution is 2.25. The number of rotatable bonds is 5. The number of hydrogen-bond donors (Lipinski definition) is 2. The first-order valence-corrected chi connectivity index (χ1v) is 7.79. The third-order valence-corrected chi connectivity index (χ3v) is 3.91. The van der Waals surface area contributed by atoms with Gasteiger partial charge in [-0.1, -0.05) is 31.5 Å². The van der Waals surface area contributed by atoms with Crippen LogP contribution in [-0.2, 0) is 6.54 Å². The standard InChI is InChI=1S/C17H28N2O/c1-13(2)11-18-12-15-10-14(3)4-5-17(15)19-8-6-16(20)7-9-19/h4-5,10,13,16,18,20H,6-9,11-12H2,1-3H3. The van der Waals surface area contributed by atoms with Crippen LogP contribution in [0.15, 0.2) is 18.2 Å². The van der Waals surface area contributed by atoms with Crippen LogP contribution in [0.4, 0.5) is 5.69 Å². The molecule has 2 rings (SSSR count). The number of benzene rings is 1. The molecule has 0 aliphatic carbocycles. The van der Waals surface area contributed by atoms with Crippen LogP contribution < -0.4 is 10.2 Å². The van der Waals surface area contributed by atoms with Crippen LogP contribution in [0.5, 0.6) is 0 Å². The van der Waals surface area contributed by atoms with Gasteiger partial charge in [0.1, 0.15) is 0 Å². The molecule has 1 aromatic carbocycles. The Balaban J connectivity index is 2.07. The van der Waals surface area contributed by atoms with E-state index in [9.17, 15) is 5.11 Å². The largest absolute Gasteiger partial charge is 0.393 e. The highest BCUT2D eigenvalue weighted by Gasteiger charge is 2.19. The summed E-state index contributed by atoms with van der Waals surface area (Å²) in [4.78, 5) is 2.42. The topological polar surface area (TPSA) is 35.5 Å². The highest BCUT2D eigenvalue weighted by molar-refractivity contribution is 5.55. The number of anilines is 1. The second kappa shape index (κ2) is 7.09. The zero-order chi connectivity index (χ0) is 14.5. The van der Waals surface area contributed by atoms with E-state index in [1.165, 1.54) is 16.8 Å². The van der Waals surface area contributed by atoms with Gasteiger partial charge in [-0.15, -0.1) is 0 Å². The van der Waals surface area contributed by atoms with E-state index in [0.717, 1.165) is 39.0 Å². The van der Waals surface area contributed by atoms with Crippen LogP contribution in [0.1, 0.15) is 37.8 Å². The summed E-state index contributed by atoms with van der Waals surface area (Å²) in [5.41, 5.74) is 4.02. The maximum Gasteiger partial charge on any atom is 0.0574 e. The Labute approximate surface area is 123 Å². The summed E-state index contributed by atoms with van der Waals surface area (Å²) in [6, 6.07) is 6.71. The lowest BCUT2D eigenvalue weighted by molar-refractivity contribution is 0.145. The van der Waals surface area contributed by atoms with Crippen LogP contribution in [0.3, 0.4) is 0 Å². The molecule has 0 aromatic heterocycles. The lowest BCUT2D eigenvalue weighted by Gasteiger charge is -2.33. The molecule has 0 unspecified atom stereocenters. The summed E-state index contributed by atoms with van der Waals surface area (Å²) >= 11 is 0. The van der Waals surface area contributed by atoms with E-state index < -0.39 is 0 Å². The minimum Gasteiger partial charge on any atom is -0.393 e. The van der Waals surface area contributed by atoms with Crippen molar-refractivity contribution in [2.45, 2.75) is 46.3 Å². The number of aliphatic hydroxyl groups excluding tert-OH is 1. The van der Waals surface area contributed by atoms with Gasteiger partial charge >= 0.3 is 0 Å². The van der Waals surface area contributed by atoms with E-state index in [1.54, 1.807) is 0 Å².